The van der Waals surface area contributed by atoms with Crippen molar-refractivity contribution in [2.75, 3.05) is 0 Å². The van der Waals surface area contributed by atoms with E-state index in [0.717, 1.165) is 16.9 Å². The molecule has 1 atom stereocenters. The van der Waals surface area contributed by atoms with E-state index >= 15 is 0 Å². The molecule has 0 unspecified atom stereocenters. The fourth-order valence-electron chi connectivity index (χ4n) is 2.70. The van der Waals surface area contributed by atoms with E-state index in [4.69, 9.17) is 0 Å². The van der Waals surface area contributed by atoms with Crippen molar-refractivity contribution >= 4 is 16.9 Å². The molecule has 0 spiro atoms. The lowest BCUT2D eigenvalue weighted by Crippen LogP contribution is -2.31. The lowest BCUT2D eigenvalue weighted by Gasteiger charge is -2.13. The topological polar surface area (TPSA) is 126 Å². The Morgan fingerprint density at radius 1 is 1.32 bits per heavy atom. The number of rotatable bonds is 5. The number of hydrogen-bond donors (Lipinski definition) is 3. The number of nitrogens with one attached hydrogen (secondary N) is 3. The first kappa shape index (κ1) is 16.6. The maximum atomic E-state index is 12.1. The second kappa shape index (κ2) is 6.71. The highest BCUT2D eigenvalue weighted by atomic mass is 16.2. The molecule has 0 bridgehead atoms. The fourth-order valence-corrected chi connectivity index (χ4v) is 2.70. The first-order valence-electron chi connectivity index (χ1n) is 7.84. The molecule has 0 saturated heterocycles. The normalized spacial score (nSPS) is 12.2. The third-order valence-electron chi connectivity index (χ3n) is 3.96. The van der Waals surface area contributed by atoms with E-state index in [1.807, 2.05) is 42.8 Å². The van der Waals surface area contributed by atoms with Crippen LogP contribution in [0.4, 0.5) is 0 Å². The van der Waals surface area contributed by atoms with Crippen LogP contribution in [0.3, 0.4) is 0 Å². The number of amides is 1. The summed E-state index contributed by atoms with van der Waals surface area (Å²) in [6, 6.07) is 7.45. The van der Waals surface area contributed by atoms with Crippen molar-refractivity contribution in [2.45, 2.75) is 25.8 Å². The summed E-state index contributed by atoms with van der Waals surface area (Å²) in [6.07, 6.45) is 0.212. The summed E-state index contributed by atoms with van der Waals surface area (Å²) in [6.45, 7) is 1.85. The molecular weight excluding hydrogens is 324 g/mol. The van der Waals surface area contributed by atoms with Crippen LogP contribution in [0.2, 0.25) is 0 Å². The molecule has 0 radical (unpaired) electrons. The number of benzene rings is 1. The molecule has 0 saturated carbocycles. The summed E-state index contributed by atoms with van der Waals surface area (Å²) < 4.78 is 1.94. The first-order valence-corrected chi connectivity index (χ1v) is 7.84. The van der Waals surface area contributed by atoms with Crippen molar-refractivity contribution in [1.29, 1.82) is 0 Å². The van der Waals surface area contributed by atoms with Gasteiger partial charge in [0.15, 0.2) is 0 Å². The number of aromatic amines is 2. The number of nitrogens with zero attached hydrogens (tertiary/aromatic N) is 3. The average Bonchev–Trinajstić information content (AvgIpc) is 2.91. The van der Waals surface area contributed by atoms with Crippen molar-refractivity contribution in [3.63, 3.8) is 0 Å². The van der Waals surface area contributed by atoms with Crippen LogP contribution >= 0.6 is 0 Å². The van der Waals surface area contributed by atoms with Gasteiger partial charge in [-0.05, 0) is 19.1 Å². The zero-order valence-electron chi connectivity index (χ0n) is 13.9. The summed E-state index contributed by atoms with van der Waals surface area (Å²) in [4.78, 5) is 41.3. The van der Waals surface area contributed by atoms with Gasteiger partial charge < -0.3 is 9.88 Å². The van der Waals surface area contributed by atoms with Crippen LogP contribution < -0.4 is 16.6 Å². The van der Waals surface area contributed by atoms with Crippen molar-refractivity contribution in [2.24, 2.45) is 7.05 Å². The van der Waals surface area contributed by atoms with Crippen molar-refractivity contribution in [3.05, 3.63) is 56.6 Å². The van der Waals surface area contributed by atoms with E-state index in [1.54, 1.807) is 0 Å². The Bertz CT molecular complexity index is 1030. The van der Waals surface area contributed by atoms with Gasteiger partial charge in [-0.1, -0.05) is 12.1 Å². The molecule has 2 aromatic heterocycles. The summed E-state index contributed by atoms with van der Waals surface area (Å²) in [5.41, 5.74) is 0.714. The average molecular weight is 342 g/mol. The summed E-state index contributed by atoms with van der Waals surface area (Å²) >= 11 is 0. The van der Waals surface area contributed by atoms with Crippen molar-refractivity contribution in [1.82, 2.24) is 30.0 Å². The minimum Gasteiger partial charge on any atom is -0.346 e. The van der Waals surface area contributed by atoms with Gasteiger partial charge in [-0.25, -0.2) is 14.9 Å². The molecule has 3 aromatic rings. The maximum Gasteiger partial charge on any atom is 0.342 e. The highest BCUT2D eigenvalue weighted by Crippen LogP contribution is 2.19. The number of imidazole rings is 1. The molecule has 9 nitrogen and oxygen atoms in total. The number of aryl methyl sites for hydroxylation is 2. The molecule has 130 valence electrons. The lowest BCUT2D eigenvalue weighted by atomic mass is 10.2. The van der Waals surface area contributed by atoms with Crippen LogP contribution in [0, 0.1) is 0 Å². The second-order valence-corrected chi connectivity index (χ2v) is 5.76. The number of para-hydroxylation sites is 2. The Labute approximate surface area is 142 Å². The molecule has 0 aliphatic heterocycles. The van der Waals surface area contributed by atoms with E-state index in [0.29, 0.717) is 0 Å². The Balaban J connectivity index is 1.66. The van der Waals surface area contributed by atoms with Gasteiger partial charge in [0.1, 0.15) is 11.5 Å². The lowest BCUT2D eigenvalue weighted by molar-refractivity contribution is -0.121. The van der Waals surface area contributed by atoms with Crippen LogP contribution in [0.1, 0.15) is 30.9 Å². The van der Waals surface area contributed by atoms with Gasteiger partial charge in [0.05, 0.1) is 17.1 Å². The molecule has 0 aliphatic rings. The number of carbonyl (C=O) groups excluding carboxylic acids is 1. The number of carbonyl (C=O) groups is 1. The van der Waals surface area contributed by atoms with Gasteiger partial charge in [0.25, 0.3) is 5.56 Å². The third-order valence-corrected chi connectivity index (χ3v) is 3.96. The van der Waals surface area contributed by atoms with E-state index in [2.05, 4.69) is 25.5 Å². The zero-order chi connectivity index (χ0) is 18.0. The summed E-state index contributed by atoms with van der Waals surface area (Å²) in [5.74, 6) is 0.515. The molecule has 0 aliphatic carbocycles. The molecule has 0 fully saturated rings. The quantitative estimate of drug-likeness (QED) is 0.609. The highest BCUT2D eigenvalue weighted by Gasteiger charge is 2.16. The van der Waals surface area contributed by atoms with Gasteiger partial charge in [0.2, 0.25) is 5.91 Å². The van der Waals surface area contributed by atoms with Crippen LogP contribution in [0.5, 0.6) is 0 Å². The fraction of sp³-hybridized carbons (Fsp3) is 0.312. The van der Waals surface area contributed by atoms with Gasteiger partial charge in [-0.15, -0.1) is 0 Å². The van der Waals surface area contributed by atoms with Gasteiger partial charge in [-0.3, -0.25) is 14.6 Å². The van der Waals surface area contributed by atoms with Crippen molar-refractivity contribution in [3.8, 4) is 0 Å². The van der Waals surface area contributed by atoms with E-state index in [9.17, 15) is 14.4 Å². The standard InChI is InChI=1S/C16H18N6O3/c1-9(14-18-10-5-3-4-6-12(10)22(14)2)17-13(23)8-7-11-15(24)19-16(25)21-20-11/h3-6,9H,7-8H2,1-2H3,(H,17,23)(H2,19,21,24,25)/t9-/m1/s1. The maximum absolute atomic E-state index is 12.1. The summed E-state index contributed by atoms with van der Waals surface area (Å²) in [5, 5.41) is 8.66. The smallest absolute Gasteiger partial charge is 0.342 e. The minimum atomic E-state index is -0.673. The SMILES string of the molecule is C[C@@H](NC(=O)CCc1n[nH]c(=O)[nH]c1=O)c1nc2ccccc2n1C. The Kier molecular flexibility index (Phi) is 4.46. The van der Waals surface area contributed by atoms with Gasteiger partial charge in [0, 0.05) is 19.9 Å². The molecule has 25 heavy (non-hydrogen) atoms. The van der Waals surface area contributed by atoms with E-state index in [1.165, 1.54) is 0 Å². The number of hydrogen-bond acceptors (Lipinski definition) is 5. The number of H-pyrrole nitrogens is 2. The highest BCUT2D eigenvalue weighted by molar-refractivity contribution is 5.78. The molecule has 3 N–H and O–H groups in total. The monoisotopic (exact) mass is 342 g/mol. The Morgan fingerprint density at radius 2 is 2.08 bits per heavy atom. The first-order chi connectivity index (χ1) is 12.0. The van der Waals surface area contributed by atoms with Gasteiger partial charge >= 0.3 is 5.69 Å². The largest absolute Gasteiger partial charge is 0.346 e. The van der Waals surface area contributed by atoms with Crippen molar-refractivity contribution < 1.29 is 4.79 Å². The third kappa shape index (κ3) is 3.49. The Hall–Kier alpha value is -3.23. The molecule has 3 rings (SSSR count). The van der Waals surface area contributed by atoms with E-state index in [-0.39, 0.29) is 30.5 Å². The Morgan fingerprint density at radius 3 is 2.80 bits per heavy atom. The zero-order valence-corrected chi connectivity index (χ0v) is 13.9. The van der Waals surface area contributed by atoms with Crippen LogP contribution in [-0.2, 0) is 18.3 Å². The molecular formula is C16H18N6O3. The van der Waals surface area contributed by atoms with Gasteiger partial charge in [-0.2, -0.15) is 5.10 Å². The second-order valence-electron chi connectivity index (χ2n) is 5.76. The number of fused-ring (bicyclic) bond motifs is 1. The van der Waals surface area contributed by atoms with Crippen LogP contribution in [0.15, 0.2) is 33.9 Å². The predicted octanol–water partition coefficient (Wildman–Crippen LogP) is 0.155. The molecule has 9 heteroatoms. The molecule has 2 heterocycles. The summed E-state index contributed by atoms with van der Waals surface area (Å²) in [7, 11) is 1.90. The van der Waals surface area contributed by atoms with E-state index < -0.39 is 11.2 Å². The molecule has 1 aromatic carbocycles. The minimum absolute atomic E-state index is 0.0798. The van der Waals surface area contributed by atoms with Crippen LogP contribution in [0.25, 0.3) is 11.0 Å². The van der Waals surface area contributed by atoms with Crippen LogP contribution in [-0.4, -0.2) is 30.6 Å². The molecule has 1 amide bonds. The number of aromatic nitrogens is 5. The predicted molar refractivity (Wildman–Crippen MR) is 91.1 cm³/mol.